The quantitative estimate of drug-likeness (QED) is 0.244. The highest BCUT2D eigenvalue weighted by atomic mass is 19.4. The van der Waals surface area contributed by atoms with Gasteiger partial charge in [-0.25, -0.2) is 23.8 Å². The van der Waals surface area contributed by atoms with Gasteiger partial charge in [0.1, 0.15) is 17.6 Å². The van der Waals surface area contributed by atoms with Crippen molar-refractivity contribution < 1.29 is 26.7 Å². The third kappa shape index (κ3) is 7.07. The number of halogens is 5. The van der Waals surface area contributed by atoms with Gasteiger partial charge in [-0.15, -0.1) is 0 Å². The van der Waals surface area contributed by atoms with E-state index in [1.165, 1.54) is 30.2 Å². The molecule has 2 atom stereocenters. The summed E-state index contributed by atoms with van der Waals surface area (Å²) in [4.78, 5) is 33.2. The Bertz CT molecular complexity index is 1440. The smallest absolute Gasteiger partial charge is 0.381 e. The van der Waals surface area contributed by atoms with Crippen molar-refractivity contribution in [2.24, 2.45) is 0 Å². The minimum atomic E-state index is -4.91. The van der Waals surface area contributed by atoms with Crippen LogP contribution >= 0.6 is 0 Å². The average molecular weight is 563 g/mol. The van der Waals surface area contributed by atoms with Gasteiger partial charge in [0.05, 0.1) is 17.4 Å². The van der Waals surface area contributed by atoms with Crippen molar-refractivity contribution in [2.75, 3.05) is 18.9 Å². The molecule has 4 rings (SSSR count). The molecule has 0 bridgehead atoms. The van der Waals surface area contributed by atoms with E-state index < -0.39 is 41.0 Å². The third-order valence-corrected chi connectivity index (χ3v) is 6.41. The van der Waals surface area contributed by atoms with Crippen molar-refractivity contribution in [1.82, 2.24) is 25.1 Å². The van der Waals surface area contributed by atoms with Gasteiger partial charge in [0.25, 0.3) is 5.56 Å². The van der Waals surface area contributed by atoms with Gasteiger partial charge in [-0.2, -0.15) is 18.3 Å². The van der Waals surface area contributed by atoms with Crippen LogP contribution in [0.3, 0.4) is 0 Å². The number of rotatable bonds is 11. The van der Waals surface area contributed by atoms with E-state index in [-0.39, 0.29) is 29.9 Å². The third-order valence-electron chi connectivity index (χ3n) is 6.41. The van der Waals surface area contributed by atoms with Crippen LogP contribution in [0.1, 0.15) is 59.2 Å². The standard InChI is InChI=1S/C27H27F5N6O2/c1-15(36-23-12-35-37-26(40)24(23)27(30,31)32)7-20(28)13-38(2)6-5-17-8-21(22(29)9-18(17)14-39)25-33-10-19(11-34-25)16-3-4-16/h5-6,8-12,14-16,20H,3-4,7,13H2,1-2H3,(H2,36,37,40)/b6-5-. The van der Waals surface area contributed by atoms with Crippen LogP contribution in [0, 0.1) is 5.82 Å². The van der Waals surface area contributed by atoms with E-state index in [0.29, 0.717) is 17.8 Å². The first kappa shape index (κ1) is 28.8. The highest BCUT2D eigenvalue weighted by Crippen LogP contribution is 2.39. The molecule has 1 saturated carbocycles. The summed E-state index contributed by atoms with van der Waals surface area (Å²) in [7, 11) is 1.58. The van der Waals surface area contributed by atoms with Crippen LogP contribution in [0.25, 0.3) is 17.5 Å². The predicted octanol–water partition coefficient (Wildman–Crippen LogP) is 5.21. The Morgan fingerprint density at radius 1 is 1.18 bits per heavy atom. The van der Waals surface area contributed by atoms with Gasteiger partial charge in [-0.3, -0.25) is 9.59 Å². The van der Waals surface area contributed by atoms with E-state index in [1.54, 1.807) is 24.5 Å². The molecule has 13 heteroatoms. The lowest BCUT2D eigenvalue weighted by atomic mass is 10.0. The fourth-order valence-corrected chi connectivity index (χ4v) is 4.28. The molecule has 8 nitrogen and oxygen atoms in total. The largest absolute Gasteiger partial charge is 0.423 e. The van der Waals surface area contributed by atoms with Gasteiger partial charge in [-0.05, 0) is 61.2 Å². The Morgan fingerprint density at radius 3 is 2.50 bits per heavy atom. The first-order valence-electron chi connectivity index (χ1n) is 12.5. The number of aldehydes is 1. The second-order valence-corrected chi connectivity index (χ2v) is 9.81. The van der Waals surface area contributed by atoms with Crippen LogP contribution in [0.4, 0.5) is 27.6 Å². The average Bonchev–Trinajstić information content (AvgIpc) is 3.72. The fourth-order valence-electron chi connectivity index (χ4n) is 4.28. The molecule has 3 aromatic rings. The molecule has 212 valence electrons. The van der Waals surface area contributed by atoms with E-state index in [9.17, 15) is 31.5 Å². The topological polar surface area (TPSA) is 104 Å². The zero-order valence-corrected chi connectivity index (χ0v) is 21.7. The number of carbonyl (C=O) groups is 1. The van der Waals surface area contributed by atoms with Gasteiger partial charge < -0.3 is 10.2 Å². The van der Waals surface area contributed by atoms with Crippen LogP contribution in [-0.2, 0) is 6.18 Å². The number of anilines is 1. The van der Waals surface area contributed by atoms with Gasteiger partial charge >= 0.3 is 6.18 Å². The summed E-state index contributed by atoms with van der Waals surface area (Å²) in [6.07, 6.45) is 3.32. The van der Waals surface area contributed by atoms with Crippen molar-refractivity contribution in [3.05, 3.63) is 75.3 Å². The van der Waals surface area contributed by atoms with Crippen LogP contribution in [0.5, 0.6) is 0 Å². The summed E-state index contributed by atoms with van der Waals surface area (Å²) < 4.78 is 69.2. The second kappa shape index (κ2) is 11.9. The summed E-state index contributed by atoms with van der Waals surface area (Å²) in [6, 6.07) is 1.77. The van der Waals surface area contributed by atoms with Gasteiger partial charge in [-0.1, -0.05) is 0 Å². The van der Waals surface area contributed by atoms with E-state index in [4.69, 9.17) is 0 Å². The molecule has 40 heavy (non-hydrogen) atoms. The summed E-state index contributed by atoms with van der Waals surface area (Å²) in [5.74, 6) is -0.0288. The lowest BCUT2D eigenvalue weighted by Crippen LogP contribution is -2.30. The molecule has 0 radical (unpaired) electrons. The normalized spacial score (nSPS) is 15.2. The van der Waals surface area contributed by atoms with E-state index >= 15 is 0 Å². The Labute approximate surface area is 226 Å². The number of H-pyrrole nitrogens is 1. The Balaban J connectivity index is 1.40. The van der Waals surface area contributed by atoms with E-state index in [0.717, 1.165) is 30.7 Å². The predicted molar refractivity (Wildman–Crippen MR) is 139 cm³/mol. The maximum absolute atomic E-state index is 14.8. The highest BCUT2D eigenvalue weighted by molar-refractivity contribution is 5.84. The summed E-state index contributed by atoms with van der Waals surface area (Å²) in [6.45, 7) is 1.36. The lowest BCUT2D eigenvalue weighted by molar-refractivity contribution is -0.138. The van der Waals surface area contributed by atoms with Gasteiger partial charge in [0.15, 0.2) is 12.1 Å². The molecular formula is C27H27F5N6O2. The van der Waals surface area contributed by atoms with Crippen molar-refractivity contribution in [3.8, 4) is 11.4 Å². The Hall–Kier alpha value is -4.16. The van der Waals surface area contributed by atoms with Gasteiger partial charge in [0.2, 0.25) is 0 Å². The van der Waals surface area contributed by atoms with Crippen molar-refractivity contribution in [3.63, 3.8) is 0 Å². The molecule has 2 N–H and O–H groups in total. The number of hydrogen-bond acceptors (Lipinski definition) is 7. The first-order valence-corrected chi connectivity index (χ1v) is 12.5. The van der Waals surface area contributed by atoms with Crippen molar-refractivity contribution in [1.29, 1.82) is 0 Å². The molecule has 1 aromatic carbocycles. The minimum Gasteiger partial charge on any atom is -0.381 e. The number of aromatic amines is 1. The van der Waals surface area contributed by atoms with Crippen LogP contribution in [0.2, 0.25) is 0 Å². The molecule has 0 aliphatic heterocycles. The zero-order chi connectivity index (χ0) is 29.0. The van der Waals surface area contributed by atoms with Crippen molar-refractivity contribution >= 4 is 18.0 Å². The molecule has 0 spiro atoms. The van der Waals surface area contributed by atoms with E-state index in [2.05, 4.69) is 20.4 Å². The van der Waals surface area contributed by atoms with Crippen LogP contribution in [-0.4, -0.2) is 57.2 Å². The number of benzene rings is 1. The van der Waals surface area contributed by atoms with Gasteiger partial charge in [0, 0.05) is 44.0 Å². The summed E-state index contributed by atoms with van der Waals surface area (Å²) in [5, 5.41) is 7.64. The number of aromatic nitrogens is 4. The summed E-state index contributed by atoms with van der Waals surface area (Å²) in [5.41, 5.74) is -1.79. The Morgan fingerprint density at radius 2 is 1.88 bits per heavy atom. The molecule has 2 aromatic heterocycles. The zero-order valence-electron chi connectivity index (χ0n) is 21.7. The monoisotopic (exact) mass is 562 g/mol. The molecule has 0 amide bonds. The second-order valence-electron chi connectivity index (χ2n) is 9.81. The maximum Gasteiger partial charge on any atom is 0.423 e. The van der Waals surface area contributed by atoms with Crippen LogP contribution < -0.4 is 10.9 Å². The minimum absolute atomic E-state index is 0.0852. The SMILES string of the molecule is CC(CC(F)CN(C)/C=C\c1cc(-c2ncc(C3CC3)cn2)c(F)cc1C=O)Nc1cn[nH]c(=O)c1C(F)(F)F. The van der Waals surface area contributed by atoms with E-state index in [1.807, 2.05) is 0 Å². The number of alkyl halides is 4. The maximum atomic E-state index is 14.8. The molecule has 2 heterocycles. The number of hydrogen-bond donors (Lipinski definition) is 2. The number of nitrogens with one attached hydrogen (secondary N) is 2. The fraction of sp³-hybridized carbons (Fsp3) is 0.370. The summed E-state index contributed by atoms with van der Waals surface area (Å²) >= 11 is 0. The first-order chi connectivity index (χ1) is 19.0. The molecular weight excluding hydrogens is 535 g/mol. The molecule has 1 aliphatic carbocycles. The van der Waals surface area contributed by atoms with Crippen LogP contribution in [0.15, 0.2) is 41.7 Å². The molecule has 1 aliphatic rings. The number of nitrogens with zero attached hydrogens (tertiary/aromatic N) is 4. The molecule has 2 unspecified atom stereocenters. The lowest BCUT2D eigenvalue weighted by Gasteiger charge is -2.22. The Kier molecular flexibility index (Phi) is 8.60. The van der Waals surface area contributed by atoms with Crippen molar-refractivity contribution in [2.45, 2.75) is 50.5 Å². The molecule has 1 fully saturated rings. The number of carbonyl (C=O) groups excluding carboxylic acids is 1. The molecule has 0 saturated heterocycles. The highest BCUT2D eigenvalue weighted by Gasteiger charge is 2.37.